The topological polar surface area (TPSA) is 30.7 Å². The van der Waals surface area contributed by atoms with Gasteiger partial charge in [0.15, 0.2) is 0 Å². The zero-order chi connectivity index (χ0) is 25.8. The van der Waals surface area contributed by atoms with Crippen molar-refractivity contribution in [1.82, 2.24) is 14.5 Å². The smallest absolute Gasteiger partial charge is 0.124 e. The minimum absolute atomic E-state index is 0.966. The lowest BCUT2D eigenvalue weighted by Gasteiger charge is -2.12. The van der Waals surface area contributed by atoms with E-state index in [2.05, 4.69) is 111 Å². The van der Waals surface area contributed by atoms with Gasteiger partial charge in [0.05, 0.1) is 26.9 Å². The van der Waals surface area contributed by atoms with E-state index in [0.717, 1.165) is 33.0 Å². The quantitative estimate of drug-likeness (QED) is 0.224. The number of hydrogen-bond acceptors (Lipinski definition) is 4. The lowest BCUT2D eigenvalue weighted by molar-refractivity contribution is 1.18. The van der Waals surface area contributed by atoms with E-state index in [1.165, 1.54) is 37.6 Å². The fraction of sp³-hybridized carbons (Fsp3) is 0. The average Bonchev–Trinajstić information content (AvgIpc) is 3.75. The molecule has 39 heavy (non-hydrogen) atoms. The maximum atomic E-state index is 4.96. The minimum Gasteiger partial charge on any atom is -0.309 e. The molecule has 0 amide bonds. The molecule has 0 bridgehead atoms. The second-order valence-electron chi connectivity index (χ2n) is 9.53. The third-order valence-electron chi connectivity index (χ3n) is 7.23. The molecular formula is C34H21N3S2. The van der Waals surface area contributed by atoms with Gasteiger partial charge in [0.25, 0.3) is 0 Å². The van der Waals surface area contributed by atoms with E-state index in [-0.39, 0.29) is 0 Å². The molecule has 0 fully saturated rings. The van der Waals surface area contributed by atoms with Crippen LogP contribution in [-0.4, -0.2) is 14.5 Å². The first-order valence-corrected chi connectivity index (χ1v) is 14.6. The van der Waals surface area contributed by atoms with Crippen LogP contribution < -0.4 is 0 Å². The monoisotopic (exact) mass is 535 g/mol. The highest BCUT2D eigenvalue weighted by Gasteiger charge is 2.18. The first kappa shape index (κ1) is 22.4. The van der Waals surface area contributed by atoms with Crippen LogP contribution in [0.5, 0.6) is 0 Å². The summed E-state index contributed by atoms with van der Waals surface area (Å²) in [7, 11) is 0. The number of thiazole rings is 1. The van der Waals surface area contributed by atoms with Crippen molar-refractivity contribution in [2.24, 2.45) is 0 Å². The van der Waals surface area contributed by atoms with Crippen LogP contribution in [0, 0.1) is 0 Å². The molecule has 0 saturated carbocycles. The van der Waals surface area contributed by atoms with Crippen molar-refractivity contribution >= 4 is 54.7 Å². The van der Waals surface area contributed by atoms with Crippen LogP contribution in [0.25, 0.3) is 70.7 Å². The van der Waals surface area contributed by atoms with Gasteiger partial charge >= 0.3 is 0 Å². The first-order valence-electron chi connectivity index (χ1n) is 12.8. The van der Waals surface area contributed by atoms with E-state index < -0.39 is 0 Å². The molecule has 4 aromatic heterocycles. The summed E-state index contributed by atoms with van der Waals surface area (Å²) in [5.41, 5.74) is 10.2. The molecule has 0 aliphatic heterocycles. The van der Waals surface area contributed by atoms with Gasteiger partial charge in [0.1, 0.15) is 5.01 Å². The lowest BCUT2D eigenvalue weighted by Crippen LogP contribution is -1.96. The molecule has 8 rings (SSSR count). The summed E-state index contributed by atoms with van der Waals surface area (Å²) >= 11 is 3.47. The summed E-state index contributed by atoms with van der Waals surface area (Å²) in [4.78, 5) is 9.57. The molecule has 0 spiro atoms. The highest BCUT2D eigenvalue weighted by molar-refractivity contribution is 7.21. The number of benzene rings is 4. The van der Waals surface area contributed by atoms with Crippen molar-refractivity contribution < 1.29 is 0 Å². The van der Waals surface area contributed by atoms with E-state index in [4.69, 9.17) is 4.98 Å². The van der Waals surface area contributed by atoms with Crippen LogP contribution >= 0.6 is 22.7 Å². The number of hydrogen-bond donors (Lipinski definition) is 0. The summed E-state index contributed by atoms with van der Waals surface area (Å²) in [6, 6.07) is 38.7. The summed E-state index contributed by atoms with van der Waals surface area (Å²) < 4.78 is 3.62. The number of rotatable bonds is 4. The predicted molar refractivity (Wildman–Crippen MR) is 166 cm³/mol. The minimum atomic E-state index is 0.966. The summed E-state index contributed by atoms with van der Waals surface area (Å²) in [5.74, 6) is 0. The number of thiophene rings is 1. The molecule has 0 unspecified atom stereocenters. The Balaban J connectivity index is 1.44. The number of aromatic nitrogens is 3. The Hall–Kier alpha value is -4.58. The van der Waals surface area contributed by atoms with Crippen LogP contribution in [-0.2, 0) is 0 Å². The normalized spacial score (nSPS) is 11.6. The first-order chi connectivity index (χ1) is 19.3. The molecule has 4 aromatic carbocycles. The SMILES string of the molecule is c1ccc(-c2cccc(-n3c4cc(-c5nc6ccccc6s5)ccc4c4cccc(-c5ccsc5)c43)c2)nc1. The fourth-order valence-corrected chi connectivity index (χ4v) is 7.07. The molecular weight excluding hydrogens is 515 g/mol. The van der Waals surface area contributed by atoms with Crippen molar-refractivity contribution in [1.29, 1.82) is 0 Å². The van der Waals surface area contributed by atoms with Crippen molar-refractivity contribution in [3.05, 3.63) is 126 Å². The van der Waals surface area contributed by atoms with Crippen molar-refractivity contribution in [3.63, 3.8) is 0 Å². The number of fused-ring (bicyclic) bond motifs is 4. The maximum absolute atomic E-state index is 4.96. The molecule has 4 heterocycles. The summed E-state index contributed by atoms with van der Waals surface area (Å²) in [6.07, 6.45) is 1.85. The molecule has 0 aliphatic rings. The van der Waals surface area contributed by atoms with Crippen molar-refractivity contribution in [2.75, 3.05) is 0 Å². The largest absolute Gasteiger partial charge is 0.309 e. The van der Waals surface area contributed by atoms with E-state index in [1.807, 2.05) is 24.4 Å². The number of nitrogens with zero attached hydrogens (tertiary/aromatic N) is 3. The standard InChI is InChI=1S/C34H21N3S2/c1-2-13-32-30(12-1)36-34(39-32)23-14-15-27-28-10-6-9-26(24-16-18-38-21-24)33(28)37(31(27)20-23)25-8-5-7-22(19-25)29-11-3-4-17-35-29/h1-21H. The van der Waals surface area contributed by atoms with Crippen molar-refractivity contribution in [2.45, 2.75) is 0 Å². The molecule has 0 aliphatic carbocycles. The second-order valence-corrected chi connectivity index (χ2v) is 11.3. The molecule has 5 heteroatoms. The van der Waals surface area contributed by atoms with Gasteiger partial charge in [-0.05, 0) is 64.9 Å². The molecule has 0 radical (unpaired) electrons. The molecule has 8 aromatic rings. The third-order valence-corrected chi connectivity index (χ3v) is 9.00. The molecule has 0 atom stereocenters. The molecule has 0 N–H and O–H groups in total. The highest BCUT2D eigenvalue weighted by atomic mass is 32.1. The Morgan fingerprint density at radius 3 is 2.46 bits per heavy atom. The second kappa shape index (κ2) is 9.02. The van der Waals surface area contributed by atoms with Gasteiger partial charge in [0.2, 0.25) is 0 Å². The zero-order valence-corrected chi connectivity index (χ0v) is 22.4. The fourth-order valence-electron chi connectivity index (χ4n) is 5.45. The van der Waals surface area contributed by atoms with Gasteiger partial charge in [-0.2, -0.15) is 11.3 Å². The predicted octanol–water partition coefficient (Wildman–Crippen LogP) is 9.85. The van der Waals surface area contributed by atoms with E-state index in [1.54, 1.807) is 22.7 Å². The number of para-hydroxylation sites is 2. The van der Waals surface area contributed by atoms with Gasteiger partial charge in [-0.1, -0.05) is 60.7 Å². The Kier molecular flexibility index (Phi) is 5.18. The molecule has 3 nitrogen and oxygen atoms in total. The molecule has 0 saturated heterocycles. The van der Waals surface area contributed by atoms with Crippen molar-refractivity contribution in [3.8, 4) is 38.6 Å². The lowest BCUT2D eigenvalue weighted by atomic mass is 10.0. The van der Waals surface area contributed by atoms with Crippen LogP contribution in [0.1, 0.15) is 0 Å². The Morgan fingerprint density at radius 2 is 1.59 bits per heavy atom. The Bertz CT molecular complexity index is 2090. The van der Waals surface area contributed by atoms with E-state index >= 15 is 0 Å². The summed E-state index contributed by atoms with van der Waals surface area (Å²) in [6.45, 7) is 0. The van der Waals surface area contributed by atoms with E-state index in [0.29, 0.717) is 0 Å². The van der Waals surface area contributed by atoms with Gasteiger partial charge in [-0.3, -0.25) is 4.98 Å². The zero-order valence-electron chi connectivity index (χ0n) is 20.8. The maximum Gasteiger partial charge on any atom is 0.124 e. The molecule has 184 valence electrons. The highest BCUT2D eigenvalue weighted by Crippen LogP contribution is 2.41. The Morgan fingerprint density at radius 1 is 0.667 bits per heavy atom. The van der Waals surface area contributed by atoms with Gasteiger partial charge < -0.3 is 4.57 Å². The van der Waals surface area contributed by atoms with Crippen LogP contribution in [0.4, 0.5) is 0 Å². The average molecular weight is 536 g/mol. The summed E-state index contributed by atoms with van der Waals surface area (Å²) in [5, 5.41) is 7.89. The van der Waals surface area contributed by atoms with Crippen LogP contribution in [0.3, 0.4) is 0 Å². The van der Waals surface area contributed by atoms with Gasteiger partial charge in [-0.25, -0.2) is 4.98 Å². The third kappa shape index (κ3) is 3.70. The van der Waals surface area contributed by atoms with Crippen LogP contribution in [0.2, 0.25) is 0 Å². The van der Waals surface area contributed by atoms with E-state index in [9.17, 15) is 0 Å². The Labute approximate surface area is 233 Å². The number of pyridine rings is 1. The van der Waals surface area contributed by atoms with Gasteiger partial charge in [-0.15, -0.1) is 11.3 Å². The van der Waals surface area contributed by atoms with Gasteiger partial charge in [0, 0.05) is 39.3 Å². The van der Waals surface area contributed by atoms with Crippen LogP contribution in [0.15, 0.2) is 126 Å².